The van der Waals surface area contributed by atoms with Crippen LogP contribution in [0.1, 0.15) is 50.2 Å². The summed E-state index contributed by atoms with van der Waals surface area (Å²) in [5.74, 6) is 2.73. The number of hydrogen-bond donors (Lipinski definition) is 1. The molecular formula is C14H23NO2. The van der Waals surface area contributed by atoms with Crippen LogP contribution in [0, 0.1) is 5.92 Å². The van der Waals surface area contributed by atoms with Crippen molar-refractivity contribution in [3.63, 3.8) is 0 Å². The van der Waals surface area contributed by atoms with Crippen LogP contribution < -0.4 is 5.32 Å². The Bertz CT molecular complexity index is 329. The summed E-state index contributed by atoms with van der Waals surface area (Å²) in [6, 6.07) is 4.51. The molecule has 0 amide bonds. The molecular weight excluding hydrogens is 214 g/mol. The number of furan rings is 1. The average Bonchev–Trinajstić information content (AvgIpc) is 2.97. The van der Waals surface area contributed by atoms with Crippen LogP contribution in [0.3, 0.4) is 0 Å². The van der Waals surface area contributed by atoms with E-state index in [2.05, 4.69) is 18.3 Å². The summed E-state index contributed by atoms with van der Waals surface area (Å²) in [4.78, 5) is 0. The molecule has 1 atom stereocenters. The highest BCUT2D eigenvalue weighted by atomic mass is 16.5. The van der Waals surface area contributed by atoms with Gasteiger partial charge in [0, 0.05) is 7.11 Å². The van der Waals surface area contributed by atoms with Crippen molar-refractivity contribution in [2.45, 2.75) is 45.3 Å². The number of ether oxygens (including phenoxy) is 1. The van der Waals surface area contributed by atoms with Gasteiger partial charge >= 0.3 is 0 Å². The van der Waals surface area contributed by atoms with E-state index in [0.717, 1.165) is 24.0 Å². The van der Waals surface area contributed by atoms with E-state index >= 15 is 0 Å². The summed E-state index contributed by atoms with van der Waals surface area (Å²) in [6.07, 6.45) is 5.35. The van der Waals surface area contributed by atoms with Crippen molar-refractivity contribution in [3.05, 3.63) is 23.7 Å². The Kier molecular flexibility index (Phi) is 4.63. The van der Waals surface area contributed by atoms with Crippen molar-refractivity contribution in [2.75, 3.05) is 13.7 Å². The third kappa shape index (κ3) is 3.11. The first-order chi connectivity index (χ1) is 8.35. The quantitative estimate of drug-likeness (QED) is 0.824. The highest BCUT2D eigenvalue weighted by Gasteiger charge is 2.27. The van der Waals surface area contributed by atoms with Gasteiger partial charge in [-0.05, 0) is 37.4 Å². The minimum atomic E-state index is 0.383. The Hall–Kier alpha value is -0.800. The molecule has 0 aromatic carbocycles. The van der Waals surface area contributed by atoms with Crippen LogP contribution in [0.4, 0.5) is 0 Å². The lowest BCUT2D eigenvalue weighted by Gasteiger charge is -2.22. The van der Waals surface area contributed by atoms with Crippen LogP contribution in [-0.4, -0.2) is 13.7 Å². The molecule has 17 heavy (non-hydrogen) atoms. The molecule has 1 aromatic rings. The van der Waals surface area contributed by atoms with Gasteiger partial charge in [0.2, 0.25) is 0 Å². The number of methoxy groups -OCH3 is 1. The van der Waals surface area contributed by atoms with Crippen LogP contribution in [0.25, 0.3) is 0 Å². The maximum Gasteiger partial charge on any atom is 0.129 e. The smallest absolute Gasteiger partial charge is 0.129 e. The van der Waals surface area contributed by atoms with E-state index in [0.29, 0.717) is 12.6 Å². The maximum absolute atomic E-state index is 5.86. The molecule has 1 aromatic heterocycles. The van der Waals surface area contributed by atoms with E-state index in [1.54, 1.807) is 7.11 Å². The van der Waals surface area contributed by atoms with Gasteiger partial charge in [-0.15, -0.1) is 0 Å². The second-order valence-electron chi connectivity index (χ2n) is 4.82. The lowest BCUT2D eigenvalue weighted by atomic mass is 9.96. The van der Waals surface area contributed by atoms with Gasteiger partial charge in [-0.3, -0.25) is 0 Å². The van der Waals surface area contributed by atoms with Crippen LogP contribution in [0.15, 0.2) is 16.5 Å². The van der Waals surface area contributed by atoms with Crippen molar-refractivity contribution in [3.8, 4) is 0 Å². The van der Waals surface area contributed by atoms with Crippen LogP contribution in [0.5, 0.6) is 0 Å². The summed E-state index contributed by atoms with van der Waals surface area (Å²) in [6.45, 7) is 3.70. The van der Waals surface area contributed by atoms with Gasteiger partial charge in [0.1, 0.15) is 18.1 Å². The first kappa shape index (κ1) is 12.7. The molecule has 1 aliphatic carbocycles. The van der Waals surface area contributed by atoms with Gasteiger partial charge in [0.25, 0.3) is 0 Å². The van der Waals surface area contributed by atoms with Crippen molar-refractivity contribution in [1.29, 1.82) is 0 Å². The minimum Gasteiger partial charge on any atom is -0.462 e. The summed E-state index contributed by atoms with van der Waals surface area (Å²) < 4.78 is 11.0. The highest BCUT2D eigenvalue weighted by molar-refractivity contribution is 5.12. The topological polar surface area (TPSA) is 34.4 Å². The van der Waals surface area contributed by atoms with Gasteiger partial charge < -0.3 is 14.5 Å². The molecule has 1 aliphatic rings. The zero-order chi connectivity index (χ0) is 12.1. The lowest BCUT2D eigenvalue weighted by Crippen LogP contribution is -2.26. The fourth-order valence-corrected chi connectivity index (χ4v) is 2.79. The van der Waals surface area contributed by atoms with E-state index in [1.807, 2.05) is 6.07 Å². The fourth-order valence-electron chi connectivity index (χ4n) is 2.79. The minimum absolute atomic E-state index is 0.383. The van der Waals surface area contributed by atoms with Gasteiger partial charge in [0.15, 0.2) is 0 Å². The van der Waals surface area contributed by atoms with Gasteiger partial charge in [-0.25, -0.2) is 0 Å². The molecule has 0 radical (unpaired) electrons. The van der Waals surface area contributed by atoms with Gasteiger partial charge in [0.05, 0.1) is 6.04 Å². The Morgan fingerprint density at radius 2 is 2.18 bits per heavy atom. The molecule has 1 unspecified atom stereocenters. The Labute approximate surface area is 104 Å². The van der Waals surface area contributed by atoms with Gasteiger partial charge in [-0.1, -0.05) is 19.8 Å². The van der Waals surface area contributed by atoms with E-state index in [4.69, 9.17) is 9.15 Å². The second kappa shape index (κ2) is 6.22. The van der Waals surface area contributed by atoms with Crippen molar-refractivity contribution < 1.29 is 9.15 Å². The summed E-state index contributed by atoms with van der Waals surface area (Å²) in [5, 5.41) is 3.56. The fraction of sp³-hybridized carbons (Fsp3) is 0.714. The standard InChI is InChI=1S/C14H23NO2/c1-3-15-14(11-6-4-5-7-11)13-9-8-12(17-13)10-16-2/h8-9,11,14-15H,3-7,10H2,1-2H3. The third-order valence-corrected chi connectivity index (χ3v) is 3.57. The molecule has 1 saturated carbocycles. The average molecular weight is 237 g/mol. The van der Waals surface area contributed by atoms with Crippen LogP contribution in [-0.2, 0) is 11.3 Å². The number of nitrogens with one attached hydrogen (secondary N) is 1. The zero-order valence-electron chi connectivity index (χ0n) is 10.9. The second-order valence-corrected chi connectivity index (χ2v) is 4.82. The van der Waals surface area contributed by atoms with E-state index in [-0.39, 0.29) is 0 Å². The van der Waals surface area contributed by atoms with E-state index in [9.17, 15) is 0 Å². The lowest BCUT2D eigenvalue weighted by molar-refractivity contribution is 0.159. The predicted octanol–water partition coefficient (Wildman–Crippen LogP) is 3.27. The van der Waals surface area contributed by atoms with E-state index in [1.165, 1.54) is 25.7 Å². The van der Waals surface area contributed by atoms with Crippen molar-refractivity contribution in [1.82, 2.24) is 5.32 Å². The summed E-state index contributed by atoms with van der Waals surface area (Å²) >= 11 is 0. The molecule has 3 nitrogen and oxygen atoms in total. The van der Waals surface area contributed by atoms with Crippen molar-refractivity contribution >= 4 is 0 Å². The van der Waals surface area contributed by atoms with E-state index < -0.39 is 0 Å². The van der Waals surface area contributed by atoms with Crippen LogP contribution >= 0.6 is 0 Å². The molecule has 96 valence electrons. The predicted molar refractivity (Wildman–Crippen MR) is 67.8 cm³/mol. The molecule has 1 fully saturated rings. The molecule has 2 rings (SSSR count). The Morgan fingerprint density at radius 3 is 2.82 bits per heavy atom. The van der Waals surface area contributed by atoms with Gasteiger partial charge in [-0.2, -0.15) is 0 Å². The monoisotopic (exact) mass is 237 g/mol. The molecule has 0 saturated heterocycles. The zero-order valence-corrected chi connectivity index (χ0v) is 10.9. The first-order valence-electron chi connectivity index (χ1n) is 6.66. The first-order valence-corrected chi connectivity index (χ1v) is 6.66. The SMILES string of the molecule is CCNC(c1ccc(COC)o1)C1CCCC1. The van der Waals surface area contributed by atoms with Crippen molar-refractivity contribution in [2.24, 2.45) is 5.92 Å². The highest BCUT2D eigenvalue weighted by Crippen LogP contribution is 2.36. The Balaban J connectivity index is 2.07. The molecule has 1 heterocycles. The largest absolute Gasteiger partial charge is 0.462 e. The summed E-state index contributed by atoms with van der Waals surface area (Å²) in [7, 11) is 1.70. The molecule has 3 heteroatoms. The normalized spacial score (nSPS) is 18.7. The summed E-state index contributed by atoms with van der Waals surface area (Å²) in [5.41, 5.74) is 0. The molecule has 0 bridgehead atoms. The molecule has 0 aliphatic heterocycles. The molecule has 1 N–H and O–H groups in total. The molecule has 0 spiro atoms. The number of hydrogen-bond acceptors (Lipinski definition) is 3. The maximum atomic E-state index is 5.86. The Morgan fingerprint density at radius 1 is 1.41 bits per heavy atom. The number of rotatable bonds is 6. The van der Waals surface area contributed by atoms with Crippen LogP contribution in [0.2, 0.25) is 0 Å². The third-order valence-electron chi connectivity index (χ3n) is 3.57.